The fourth-order valence-corrected chi connectivity index (χ4v) is 3.51. The van der Waals surface area contributed by atoms with Crippen molar-refractivity contribution in [1.29, 1.82) is 0 Å². The van der Waals surface area contributed by atoms with Crippen LogP contribution in [0.1, 0.15) is 47.5 Å². The maximum Gasteiger partial charge on any atom is 0.410 e. The Morgan fingerprint density at radius 1 is 1.10 bits per heavy atom. The maximum absolute atomic E-state index is 12.4. The number of amides is 1. The molecule has 0 aromatic heterocycles. The molecule has 1 N–H and O–H groups in total. The molecule has 2 heterocycles. The van der Waals surface area contributed by atoms with Crippen LogP contribution < -0.4 is 5.32 Å². The van der Waals surface area contributed by atoms with Gasteiger partial charge in [0.2, 0.25) is 0 Å². The summed E-state index contributed by atoms with van der Waals surface area (Å²) < 4.78 is 5.56. The van der Waals surface area contributed by atoms with Gasteiger partial charge in [-0.25, -0.2) is 4.79 Å². The molecule has 0 aliphatic carbocycles. The highest BCUT2D eigenvalue weighted by Gasteiger charge is 2.37. The summed E-state index contributed by atoms with van der Waals surface area (Å²) in [5.74, 6) is 0. The van der Waals surface area contributed by atoms with Crippen LogP contribution in [0.2, 0.25) is 0 Å². The van der Waals surface area contributed by atoms with Crippen molar-refractivity contribution in [3.63, 3.8) is 0 Å². The number of carbonyl (C=O) groups is 1. The second-order valence-corrected chi connectivity index (χ2v) is 7.52. The summed E-state index contributed by atoms with van der Waals surface area (Å²) in [5.41, 5.74) is -0.428. The molecular formula is C16H31N3O2. The first-order chi connectivity index (χ1) is 9.78. The summed E-state index contributed by atoms with van der Waals surface area (Å²) in [6.07, 6.45) is 2.25. The van der Waals surface area contributed by atoms with E-state index in [1.54, 1.807) is 0 Å². The number of hydrogen-bond donors (Lipinski definition) is 1. The van der Waals surface area contributed by atoms with Crippen molar-refractivity contribution < 1.29 is 9.53 Å². The van der Waals surface area contributed by atoms with Crippen LogP contribution in [0.15, 0.2) is 0 Å². The predicted octanol–water partition coefficient (Wildman–Crippen LogP) is 2.07. The highest BCUT2D eigenvalue weighted by atomic mass is 16.6. The summed E-state index contributed by atoms with van der Waals surface area (Å²) in [7, 11) is 0. The minimum atomic E-state index is -0.428. The Balaban J connectivity index is 1.96. The van der Waals surface area contributed by atoms with Crippen LogP contribution in [0.4, 0.5) is 4.79 Å². The fourth-order valence-electron chi connectivity index (χ4n) is 3.51. The van der Waals surface area contributed by atoms with Gasteiger partial charge in [0, 0.05) is 31.2 Å². The van der Waals surface area contributed by atoms with E-state index in [1.807, 2.05) is 25.7 Å². The van der Waals surface area contributed by atoms with Crippen molar-refractivity contribution in [2.24, 2.45) is 0 Å². The standard InChI is InChI=1S/C16H31N3O2/c1-12-10-18(14-6-8-17-9-7-14)11-13(2)19(12)15(20)21-16(3,4)5/h12-14,17H,6-11H2,1-5H3/t12-,13+. The van der Waals surface area contributed by atoms with E-state index in [0.29, 0.717) is 6.04 Å². The van der Waals surface area contributed by atoms with Crippen LogP contribution in [-0.2, 0) is 4.74 Å². The summed E-state index contributed by atoms with van der Waals surface area (Å²) >= 11 is 0. The molecule has 0 unspecified atom stereocenters. The van der Waals surface area contributed by atoms with Gasteiger partial charge >= 0.3 is 6.09 Å². The summed E-state index contributed by atoms with van der Waals surface area (Å²) in [5, 5.41) is 3.42. The molecule has 2 saturated heterocycles. The van der Waals surface area contributed by atoms with Gasteiger partial charge in [-0.1, -0.05) is 0 Å². The molecule has 2 fully saturated rings. The lowest BCUT2D eigenvalue weighted by Crippen LogP contribution is -2.62. The molecule has 2 aliphatic rings. The largest absolute Gasteiger partial charge is 0.444 e. The van der Waals surface area contributed by atoms with Gasteiger partial charge in [-0.15, -0.1) is 0 Å². The third-order valence-electron chi connectivity index (χ3n) is 4.38. The van der Waals surface area contributed by atoms with Crippen LogP contribution in [0.25, 0.3) is 0 Å². The predicted molar refractivity (Wildman–Crippen MR) is 84.5 cm³/mol. The summed E-state index contributed by atoms with van der Waals surface area (Å²) in [6.45, 7) is 14.2. The Morgan fingerprint density at radius 2 is 1.62 bits per heavy atom. The normalized spacial score (nSPS) is 29.5. The Morgan fingerprint density at radius 3 is 2.10 bits per heavy atom. The third kappa shape index (κ3) is 4.33. The van der Waals surface area contributed by atoms with E-state index in [0.717, 1.165) is 26.2 Å². The Kier molecular flexibility index (Phi) is 5.15. The SMILES string of the molecule is C[C@@H]1CN(C2CCNCC2)C[C@H](C)N1C(=O)OC(C)(C)C. The van der Waals surface area contributed by atoms with Crippen LogP contribution >= 0.6 is 0 Å². The fraction of sp³-hybridized carbons (Fsp3) is 0.938. The van der Waals surface area contributed by atoms with Gasteiger partial charge in [-0.05, 0) is 60.5 Å². The lowest BCUT2D eigenvalue weighted by atomic mass is 10.00. The van der Waals surface area contributed by atoms with E-state index in [9.17, 15) is 4.79 Å². The maximum atomic E-state index is 12.4. The molecule has 5 heteroatoms. The Bertz CT molecular complexity index is 349. The highest BCUT2D eigenvalue weighted by Crippen LogP contribution is 2.23. The molecule has 0 aromatic rings. The van der Waals surface area contributed by atoms with Crippen molar-refractivity contribution >= 4 is 6.09 Å². The number of carbonyl (C=O) groups excluding carboxylic acids is 1. The third-order valence-corrected chi connectivity index (χ3v) is 4.38. The topological polar surface area (TPSA) is 44.8 Å². The van der Waals surface area contributed by atoms with Crippen molar-refractivity contribution in [3.05, 3.63) is 0 Å². The quantitative estimate of drug-likeness (QED) is 0.805. The van der Waals surface area contributed by atoms with Crippen LogP contribution in [0.5, 0.6) is 0 Å². The number of hydrogen-bond acceptors (Lipinski definition) is 4. The first-order valence-electron chi connectivity index (χ1n) is 8.24. The zero-order chi connectivity index (χ0) is 15.6. The second-order valence-electron chi connectivity index (χ2n) is 7.52. The van der Waals surface area contributed by atoms with Crippen molar-refractivity contribution in [2.75, 3.05) is 26.2 Å². The highest BCUT2D eigenvalue weighted by molar-refractivity contribution is 5.69. The first-order valence-corrected chi connectivity index (χ1v) is 8.24. The van der Waals surface area contributed by atoms with E-state index < -0.39 is 5.60 Å². The minimum Gasteiger partial charge on any atom is -0.444 e. The van der Waals surface area contributed by atoms with Crippen LogP contribution in [-0.4, -0.2) is 65.8 Å². The molecule has 2 atom stereocenters. The smallest absolute Gasteiger partial charge is 0.410 e. The molecule has 2 aliphatic heterocycles. The van der Waals surface area contributed by atoms with Gasteiger partial charge in [0.25, 0.3) is 0 Å². The minimum absolute atomic E-state index is 0.174. The van der Waals surface area contributed by atoms with Crippen molar-refractivity contribution in [2.45, 2.75) is 71.2 Å². The van der Waals surface area contributed by atoms with Crippen LogP contribution in [0.3, 0.4) is 0 Å². The molecule has 122 valence electrons. The molecule has 0 spiro atoms. The molecule has 0 radical (unpaired) electrons. The summed E-state index contributed by atoms with van der Waals surface area (Å²) in [6, 6.07) is 1.08. The molecule has 1 amide bonds. The van der Waals surface area contributed by atoms with Gasteiger partial charge in [0.15, 0.2) is 0 Å². The molecule has 0 bridgehead atoms. The van der Waals surface area contributed by atoms with Gasteiger partial charge in [0.05, 0.1) is 0 Å². The molecule has 5 nitrogen and oxygen atoms in total. The average molecular weight is 297 g/mol. The number of piperazine rings is 1. The first kappa shape index (κ1) is 16.6. The molecule has 21 heavy (non-hydrogen) atoms. The van der Waals surface area contributed by atoms with E-state index >= 15 is 0 Å². The van der Waals surface area contributed by atoms with Gasteiger partial charge in [-0.2, -0.15) is 0 Å². The molecular weight excluding hydrogens is 266 g/mol. The zero-order valence-electron chi connectivity index (χ0n) is 14.2. The van der Waals surface area contributed by atoms with E-state index in [-0.39, 0.29) is 18.2 Å². The number of piperidine rings is 1. The van der Waals surface area contributed by atoms with E-state index in [2.05, 4.69) is 24.1 Å². The van der Waals surface area contributed by atoms with E-state index in [1.165, 1.54) is 12.8 Å². The number of nitrogens with one attached hydrogen (secondary N) is 1. The van der Waals surface area contributed by atoms with Gasteiger partial charge in [0.1, 0.15) is 5.60 Å². The van der Waals surface area contributed by atoms with E-state index in [4.69, 9.17) is 4.74 Å². The average Bonchev–Trinajstić information content (AvgIpc) is 2.36. The zero-order valence-corrected chi connectivity index (χ0v) is 14.2. The van der Waals surface area contributed by atoms with Crippen molar-refractivity contribution in [3.8, 4) is 0 Å². The number of nitrogens with zero attached hydrogens (tertiary/aromatic N) is 2. The molecule has 2 rings (SSSR count). The Hall–Kier alpha value is -0.810. The molecule has 0 saturated carbocycles. The Labute approximate surface area is 129 Å². The van der Waals surface area contributed by atoms with Crippen LogP contribution in [0, 0.1) is 0 Å². The lowest BCUT2D eigenvalue weighted by Gasteiger charge is -2.47. The lowest BCUT2D eigenvalue weighted by molar-refractivity contribution is -0.0249. The van der Waals surface area contributed by atoms with Crippen molar-refractivity contribution in [1.82, 2.24) is 15.1 Å². The van der Waals surface area contributed by atoms with Gasteiger partial charge < -0.3 is 15.0 Å². The van der Waals surface area contributed by atoms with Gasteiger partial charge in [-0.3, -0.25) is 4.90 Å². The monoisotopic (exact) mass is 297 g/mol. The number of ether oxygens (including phenoxy) is 1. The summed E-state index contributed by atoms with van der Waals surface area (Å²) in [4.78, 5) is 16.9. The molecule has 0 aromatic carbocycles. The second kappa shape index (κ2) is 6.53. The number of rotatable bonds is 1.